The molecular weight excluding hydrogens is 254 g/mol. The molecule has 118 valence electrons. The van der Waals surface area contributed by atoms with E-state index in [4.69, 9.17) is 0 Å². The van der Waals surface area contributed by atoms with Gasteiger partial charge < -0.3 is 5.32 Å². The Morgan fingerprint density at radius 2 is 1.86 bits per heavy atom. The van der Waals surface area contributed by atoms with Gasteiger partial charge in [-0.2, -0.15) is 0 Å². The lowest BCUT2D eigenvalue weighted by atomic mass is 9.82. The zero-order valence-electron chi connectivity index (χ0n) is 14.6. The second-order valence-electron chi connectivity index (χ2n) is 6.57. The number of rotatable bonds is 9. The molecule has 1 heteroatoms. The van der Waals surface area contributed by atoms with Crippen molar-refractivity contribution in [2.45, 2.75) is 60.3 Å². The van der Waals surface area contributed by atoms with Gasteiger partial charge in [-0.05, 0) is 48.8 Å². The topological polar surface area (TPSA) is 12.0 Å². The summed E-state index contributed by atoms with van der Waals surface area (Å²) in [6.45, 7) is 16.3. The highest BCUT2D eigenvalue weighted by atomic mass is 14.9. The van der Waals surface area contributed by atoms with Crippen LogP contribution in [0.3, 0.4) is 0 Å². The molecular formula is C20H33N. The van der Waals surface area contributed by atoms with Crippen LogP contribution in [-0.2, 0) is 12.8 Å². The molecule has 0 aromatic heterocycles. The highest BCUT2D eigenvalue weighted by molar-refractivity contribution is 5.53. The van der Waals surface area contributed by atoms with Crippen LogP contribution in [0.15, 0.2) is 30.9 Å². The van der Waals surface area contributed by atoms with Gasteiger partial charge in [-0.25, -0.2) is 0 Å². The number of anilines is 1. The van der Waals surface area contributed by atoms with E-state index < -0.39 is 0 Å². The van der Waals surface area contributed by atoms with Crippen molar-refractivity contribution in [2.75, 3.05) is 11.9 Å². The van der Waals surface area contributed by atoms with Crippen LogP contribution >= 0.6 is 0 Å². The van der Waals surface area contributed by atoms with Crippen molar-refractivity contribution >= 4 is 5.69 Å². The van der Waals surface area contributed by atoms with Crippen LogP contribution in [0.5, 0.6) is 0 Å². The molecule has 1 aromatic carbocycles. The minimum absolute atomic E-state index is 0.210. The average Bonchev–Trinajstić information content (AvgIpc) is 2.49. The highest BCUT2D eigenvalue weighted by Gasteiger charge is 2.21. The van der Waals surface area contributed by atoms with E-state index in [0.29, 0.717) is 5.92 Å². The molecule has 0 aliphatic heterocycles. The smallest absolute Gasteiger partial charge is 0.0373 e. The molecule has 1 N–H and O–H groups in total. The van der Waals surface area contributed by atoms with Crippen LogP contribution in [0.4, 0.5) is 5.69 Å². The van der Waals surface area contributed by atoms with Gasteiger partial charge in [-0.1, -0.05) is 52.8 Å². The van der Waals surface area contributed by atoms with Crippen LogP contribution in [0.1, 0.15) is 58.6 Å². The number of nitrogens with one attached hydrogen (secondary N) is 1. The molecule has 21 heavy (non-hydrogen) atoms. The molecule has 0 saturated carbocycles. The summed E-state index contributed by atoms with van der Waals surface area (Å²) in [5.41, 5.74) is 4.38. The molecule has 0 spiro atoms. The average molecular weight is 287 g/mol. The van der Waals surface area contributed by atoms with Gasteiger partial charge >= 0.3 is 0 Å². The number of hydrogen-bond acceptors (Lipinski definition) is 1. The molecule has 0 amide bonds. The molecule has 1 rings (SSSR count). The second kappa shape index (κ2) is 8.26. The summed E-state index contributed by atoms with van der Waals surface area (Å²) < 4.78 is 0. The van der Waals surface area contributed by atoms with Gasteiger partial charge in [0, 0.05) is 17.6 Å². The molecule has 0 bridgehead atoms. The largest absolute Gasteiger partial charge is 0.384 e. The molecule has 0 radical (unpaired) electrons. The summed E-state index contributed by atoms with van der Waals surface area (Å²) in [6.07, 6.45) is 6.62. The third kappa shape index (κ3) is 4.91. The SMILES string of the molecule is C=CC(CC)(CC)CNc1ccc(CC(C)C)cc1CC. The zero-order valence-corrected chi connectivity index (χ0v) is 14.6. The van der Waals surface area contributed by atoms with E-state index >= 15 is 0 Å². The van der Waals surface area contributed by atoms with E-state index in [0.717, 1.165) is 32.2 Å². The van der Waals surface area contributed by atoms with Crippen molar-refractivity contribution < 1.29 is 0 Å². The van der Waals surface area contributed by atoms with E-state index in [-0.39, 0.29) is 5.41 Å². The summed E-state index contributed by atoms with van der Waals surface area (Å²) in [5.74, 6) is 0.710. The van der Waals surface area contributed by atoms with Gasteiger partial charge in [0.25, 0.3) is 0 Å². The van der Waals surface area contributed by atoms with Gasteiger partial charge in [0.15, 0.2) is 0 Å². The summed E-state index contributed by atoms with van der Waals surface area (Å²) in [4.78, 5) is 0. The second-order valence-corrected chi connectivity index (χ2v) is 6.57. The van der Waals surface area contributed by atoms with E-state index in [1.807, 2.05) is 0 Å². The fourth-order valence-corrected chi connectivity index (χ4v) is 2.84. The van der Waals surface area contributed by atoms with Crippen LogP contribution in [0.2, 0.25) is 0 Å². The lowest BCUT2D eigenvalue weighted by Gasteiger charge is -2.29. The molecule has 0 aliphatic carbocycles. The molecule has 0 aliphatic rings. The maximum absolute atomic E-state index is 4.04. The number of benzene rings is 1. The Kier molecular flexibility index (Phi) is 7.01. The van der Waals surface area contributed by atoms with E-state index in [1.54, 1.807) is 0 Å². The minimum Gasteiger partial charge on any atom is -0.384 e. The molecule has 0 unspecified atom stereocenters. The fraction of sp³-hybridized carbons (Fsp3) is 0.600. The van der Waals surface area contributed by atoms with Crippen LogP contribution < -0.4 is 5.32 Å². The fourth-order valence-electron chi connectivity index (χ4n) is 2.84. The molecule has 1 aromatic rings. The van der Waals surface area contributed by atoms with Crippen molar-refractivity contribution in [3.05, 3.63) is 42.0 Å². The van der Waals surface area contributed by atoms with Crippen LogP contribution in [0, 0.1) is 11.3 Å². The first-order valence-corrected chi connectivity index (χ1v) is 8.49. The van der Waals surface area contributed by atoms with Crippen LogP contribution in [0.25, 0.3) is 0 Å². The third-order valence-electron chi connectivity index (χ3n) is 4.67. The highest BCUT2D eigenvalue weighted by Crippen LogP contribution is 2.29. The van der Waals surface area contributed by atoms with Gasteiger partial charge in [0.05, 0.1) is 0 Å². The van der Waals surface area contributed by atoms with E-state index in [2.05, 4.69) is 70.8 Å². The molecule has 0 heterocycles. The zero-order chi connectivity index (χ0) is 15.9. The third-order valence-corrected chi connectivity index (χ3v) is 4.67. The summed E-state index contributed by atoms with van der Waals surface area (Å²) in [5, 5.41) is 3.67. The monoisotopic (exact) mass is 287 g/mol. The van der Waals surface area contributed by atoms with Crippen molar-refractivity contribution in [1.82, 2.24) is 0 Å². The van der Waals surface area contributed by atoms with Gasteiger partial charge in [-0.3, -0.25) is 0 Å². The van der Waals surface area contributed by atoms with Gasteiger partial charge in [0.1, 0.15) is 0 Å². The number of aryl methyl sites for hydroxylation is 1. The first-order valence-electron chi connectivity index (χ1n) is 8.49. The Hall–Kier alpha value is -1.24. The van der Waals surface area contributed by atoms with E-state index in [9.17, 15) is 0 Å². The number of hydrogen-bond donors (Lipinski definition) is 1. The summed E-state index contributed by atoms with van der Waals surface area (Å²) in [6, 6.07) is 6.90. The van der Waals surface area contributed by atoms with Gasteiger partial charge in [-0.15, -0.1) is 6.58 Å². The lowest BCUT2D eigenvalue weighted by molar-refractivity contribution is 0.377. The van der Waals surface area contributed by atoms with Crippen molar-refractivity contribution in [3.8, 4) is 0 Å². The molecule has 1 nitrogen and oxygen atoms in total. The Labute approximate surface area is 131 Å². The van der Waals surface area contributed by atoms with Gasteiger partial charge in [0.2, 0.25) is 0 Å². The molecule has 0 atom stereocenters. The Morgan fingerprint density at radius 3 is 2.33 bits per heavy atom. The first kappa shape index (κ1) is 17.8. The quantitative estimate of drug-likeness (QED) is 0.562. The van der Waals surface area contributed by atoms with Crippen molar-refractivity contribution in [3.63, 3.8) is 0 Å². The molecule has 0 saturated heterocycles. The standard InChI is InChI=1S/C20H33N/c1-7-18-14-17(13-16(5)6)11-12-19(18)21-15-20(8-2,9-3)10-4/h8,11-12,14,16,21H,2,7,9-10,13,15H2,1,3-6H3. The predicted molar refractivity (Wildman–Crippen MR) is 96.1 cm³/mol. The normalized spacial score (nSPS) is 11.7. The minimum atomic E-state index is 0.210. The Bertz CT molecular complexity index is 441. The Morgan fingerprint density at radius 1 is 1.19 bits per heavy atom. The van der Waals surface area contributed by atoms with E-state index in [1.165, 1.54) is 16.8 Å². The molecule has 0 fully saturated rings. The van der Waals surface area contributed by atoms with Crippen molar-refractivity contribution in [2.24, 2.45) is 11.3 Å². The summed E-state index contributed by atoms with van der Waals surface area (Å²) in [7, 11) is 0. The maximum Gasteiger partial charge on any atom is 0.0373 e. The predicted octanol–water partition coefficient (Wildman–Crippen LogP) is 5.85. The maximum atomic E-state index is 4.04. The lowest BCUT2D eigenvalue weighted by Crippen LogP contribution is -2.26. The Balaban J connectivity index is 2.86. The first-order chi connectivity index (χ1) is 10.00. The summed E-state index contributed by atoms with van der Waals surface area (Å²) >= 11 is 0. The van der Waals surface area contributed by atoms with Crippen LogP contribution in [-0.4, -0.2) is 6.54 Å². The van der Waals surface area contributed by atoms with Crippen molar-refractivity contribution in [1.29, 1.82) is 0 Å².